The molecule has 0 aliphatic carbocycles. The Labute approximate surface area is 176 Å². The number of aromatic nitrogens is 1. The minimum Gasteiger partial charge on any atom is -0.493 e. The Morgan fingerprint density at radius 1 is 1.20 bits per heavy atom. The quantitative estimate of drug-likeness (QED) is 0.749. The van der Waals surface area contributed by atoms with Gasteiger partial charge in [-0.1, -0.05) is 0 Å². The lowest BCUT2D eigenvalue weighted by atomic mass is 9.96. The van der Waals surface area contributed by atoms with Crippen LogP contribution in [0.25, 0.3) is 0 Å². The number of rotatable bonds is 7. The smallest absolute Gasteiger partial charge is 0.251 e. The molecule has 1 N–H and O–H groups in total. The second-order valence-corrected chi connectivity index (χ2v) is 7.04. The minimum atomic E-state index is -0.187. The Balaban J connectivity index is 1.58. The second-order valence-electron chi connectivity index (χ2n) is 7.04. The summed E-state index contributed by atoms with van der Waals surface area (Å²) in [5, 5.41) is 12.3. The van der Waals surface area contributed by atoms with E-state index in [2.05, 4.69) is 21.3 Å². The Morgan fingerprint density at radius 2 is 1.87 bits per heavy atom. The second kappa shape index (κ2) is 9.83. The maximum atomic E-state index is 12.7. The van der Waals surface area contributed by atoms with Crippen LogP contribution in [0.2, 0.25) is 0 Å². The number of piperidine rings is 1. The van der Waals surface area contributed by atoms with E-state index >= 15 is 0 Å². The molecule has 0 spiro atoms. The van der Waals surface area contributed by atoms with Crippen molar-refractivity contribution in [2.45, 2.75) is 12.8 Å². The number of amides is 1. The van der Waals surface area contributed by atoms with Crippen LogP contribution in [0.1, 0.15) is 28.8 Å². The summed E-state index contributed by atoms with van der Waals surface area (Å²) in [5.41, 5.74) is 1.04. The summed E-state index contributed by atoms with van der Waals surface area (Å²) >= 11 is 0. The topological polar surface area (TPSA) is 96.7 Å². The van der Waals surface area contributed by atoms with Gasteiger partial charge in [0.05, 0.1) is 26.9 Å². The van der Waals surface area contributed by atoms with Gasteiger partial charge < -0.3 is 24.4 Å². The molecule has 8 nitrogen and oxygen atoms in total. The van der Waals surface area contributed by atoms with Crippen molar-refractivity contribution in [2.75, 3.05) is 45.9 Å². The van der Waals surface area contributed by atoms with Crippen LogP contribution in [0, 0.1) is 17.2 Å². The summed E-state index contributed by atoms with van der Waals surface area (Å²) in [4.78, 5) is 19.2. The summed E-state index contributed by atoms with van der Waals surface area (Å²) in [5.74, 6) is 2.25. The van der Waals surface area contributed by atoms with Gasteiger partial charge >= 0.3 is 0 Å². The summed E-state index contributed by atoms with van der Waals surface area (Å²) in [6, 6.07) is 9.04. The zero-order chi connectivity index (χ0) is 21.5. The van der Waals surface area contributed by atoms with Crippen LogP contribution in [0.5, 0.6) is 17.2 Å². The molecular weight excluding hydrogens is 384 g/mol. The highest BCUT2D eigenvalue weighted by molar-refractivity contribution is 5.95. The number of carbonyl (C=O) groups excluding carboxylic acids is 1. The molecule has 2 heterocycles. The monoisotopic (exact) mass is 410 g/mol. The number of nitriles is 1. The van der Waals surface area contributed by atoms with Crippen molar-refractivity contribution in [1.82, 2.24) is 10.3 Å². The van der Waals surface area contributed by atoms with Crippen molar-refractivity contribution in [3.8, 4) is 23.3 Å². The molecule has 1 aromatic carbocycles. The van der Waals surface area contributed by atoms with Gasteiger partial charge in [-0.05, 0) is 43.0 Å². The third-order valence-electron chi connectivity index (χ3n) is 5.30. The van der Waals surface area contributed by atoms with Crippen molar-refractivity contribution >= 4 is 11.7 Å². The van der Waals surface area contributed by atoms with Crippen molar-refractivity contribution in [3.63, 3.8) is 0 Å². The highest BCUT2D eigenvalue weighted by atomic mass is 16.5. The van der Waals surface area contributed by atoms with Gasteiger partial charge in [-0.25, -0.2) is 4.98 Å². The van der Waals surface area contributed by atoms with E-state index in [9.17, 15) is 10.1 Å². The van der Waals surface area contributed by atoms with Crippen LogP contribution in [-0.4, -0.2) is 51.9 Å². The molecule has 1 amide bonds. The van der Waals surface area contributed by atoms with Crippen LogP contribution < -0.4 is 24.4 Å². The van der Waals surface area contributed by atoms with E-state index in [1.54, 1.807) is 30.5 Å². The van der Waals surface area contributed by atoms with Gasteiger partial charge in [-0.15, -0.1) is 0 Å². The predicted octanol–water partition coefficient (Wildman–Crippen LogP) is 2.63. The molecule has 30 heavy (non-hydrogen) atoms. The lowest BCUT2D eigenvalue weighted by Gasteiger charge is -2.33. The van der Waals surface area contributed by atoms with Crippen LogP contribution in [0.15, 0.2) is 30.5 Å². The first-order chi connectivity index (χ1) is 14.6. The Bertz CT molecular complexity index is 908. The normalized spacial score (nSPS) is 14.0. The van der Waals surface area contributed by atoms with Gasteiger partial charge in [0.15, 0.2) is 11.5 Å². The Morgan fingerprint density at radius 3 is 2.43 bits per heavy atom. The summed E-state index contributed by atoms with van der Waals surface area (Å²) in [7, 11) is 4.56. The van der Waals surface area contributed by atoms with Crippen LogP contribution >= 0.6 is 0 Å². The van der Waals surface area contributed by atoms with Crippen molar-refractivity contribution in [3.05, 3.63) is 41.6 Å². The number of anilines is 1. The summed E-state index contributed by atoms with van der Waals surface area (Å²) in [6.45, 7) is 2.18. The van der Waals surface area contributed by atoms with E-state index in [1.165, 1.54) is 21.3 Å². The highest BCUT2D eigenvalue weighted by Gasteiger charge is 2.23. The Hall–Kier alpha value is -3.47. The molecule has 1 aromatic heterocycles. The first-order valence-electron chi connectivity index (χ1n) is 9.79. The lowest BCUT2D eigenvalue weighted by Crippen LogP contribution is -2.39. The Kier molecular flexibility index (Phi) is 6.96. The molecule has 0 unspecified atom stereocenters. The van der Waals surface area contributed by atoms with E-state index in [1.807, 2.05) is 0 Å². The number of hydrogen-bond donors (Lipinski definition) is 1. The lowest BCUT2D eigenvalue weighted by molar-refractivity contribution is 0.0944. The van der Waals surface area contributed by atoms with Gasteiger partial charge in [0.25, 0.3) is 5.91 Å². The largest absolute Gasteiger partial charge is 0.493 e. The molecule has 1 fully saturated rings. The maximum absolute atomic E-state index is 12.7. The summed E-state index contributed by atoms with van der Waals surface area (Å²) in [6.07, 6.45) is 3.54. The van der Waals surface area contributed by atoms with Crippen LogP contribution in [0.4, 0.5) is 5.82 Å². The number of nitrogens with zero attached hydrogens (tertiary/aromatic N) is 3. The fraction of sp³-hybridized carbons (Fsp3) is 0.409. The third-order valence-corrected chi connectivity index (χ3v) is 5.30. The zero-order valence-corrected chi connectivity index (χ0v) is 17.5. The average Bonchev–Trinajstić information content (AvgIpc) is 2.81. The molecule has 1 aliphatic rings. The molecule has 0 atom stereocenters. The third kappa shape index (κ3) is 4.57. The average molecular weight is 410 g/mol. The first kappa shape index (κ1) is 21.2. The molecular formula is C22H26N4O4. The molecule has 158 valence electrons. The number of ether oxygens (including phenoxy) is 3. The molecule has 1 aliphatic heterocycles. The number of methoxy groups -OCH3 is 3. The number of nitrogens with one attached hydrogen (secondary N) is 1. The SMILES string of the molecule is COc1cc(C(=O)NCC2CCN(c3ncccc3C#N)CC2)cc(OC)c1OC. The van der Waals surface area contributed by atoms with E-state index in [4.69, 9.17) is 14.2 Å². The van der Waals surface area contributed by atoms with E-state index in [-0.39, 0.29) is 5.91 Å². The number of pyridine rings is 1. The van der Waals surface area contributed by atoms with Crippen molar-refractivity contribution < 1.29 is 19.0 Å². The number of benzene rings is 1. The molecule has 0 saturated carbocycles. The standard InChI is InChI=1S/C22H26N4O4/c1-28-18-11-17(12-19(29-2)20(18)30-3)22(27)25-14-15-6-9-26(10-7-15)21-16(13-23)5-4-8-24-21/h4-5,8,11-12,15H,6-7,9-10,14H2,1-3H3,(H,25,27). The van der Waals surface area contributed by atoms with Gasteiger partial charge in [0.2, 0.25) is 5.75 Å². The highest BCUT2D eigenvalue weighted by Crippen LogP contribution is 2.38. The van der Waals surface area contributed by atoms with Gasteiger partial charge in [0.1, 0.15) is 11.9 Å². The van der Waals surface area contributed by atoms with Crippen molar-refractivity contribution in [1.29, 1.82) is 5.26 Å². The molecule has 0 bridgehead atoms. The fourth-order valence-electron chi connectivity index (χ4n) is 3.64. The molecule has 8 heteroatoms. The molecule has 0 radical (unpaired) electrons. The zero-order valence-electron chi connectivity index (χ0n) is 17.5. The number of hydrogen-bond acceptors (Lipinski definition) is 7. The van der Waals surface area contributed by atoms with Gasteiger partial charge in [-0.2, -0.15) is 5.26 Å². The first-order valence-corrected chi connectivity index (χ1v) is 9.79. The maximum Gasteiger partial charge on any atom is 0.251 e. The van der Waals surface area contributed by atoms with Gasteiger partial charge in [-0.3, -0.25) is 4.79 Å². The van der Waals surface area contributed by atoms with Crippen molar-refractivity contribution in [2.24, 2.45) is 5.92 Å². The van der Waals surface area contributed by atoms with Gasteiger partial charge in [0, 0.05) is 31.4 Å². The van der Waals surface area contributed by atoms with Crippen LogP contribution in [-0.2, 0) is 0 Å². The fourth-order valence-corrected chi connectivity index (χ4v) is 3.64. The minimum absolute atomic E-state index is 0.187. The van der Waals surface area contributed by atoms with E-state index in [0.717, 1.165) is 31.7 Å². The van der Waals surface area contributed by atoms with Crippen LogP contribution in [0.3, 0.4) is 0 Å². The molecule has 2 aromatic rings. The molecule has 3 rings (SSSR count). The molecule has 1 saturated heterocycles. The van der Waals surface area contributed by atoms with E-state index in [0.29, 0.717) is 40.8 Å². The summed E-state index contributed by atoms with van der Waals surface area (Å²) < 4.78 is 15.9. The van der Waals surface area contributed by atoms with E-state index < -0.39 is 0 Å². The predicted molar refractivity (Wildman–Crippen MR) is 112 cm³/mol. The number of carbonyl (C=O) groups is 1.